The minimum absolute atomic E-state index is 0.213. The third kappa shape index (κ3) is 5.35. The third-order valence-electron chi connectivity index (χ3n) is 3.63. The van der Waals surface area contributed by atoms with E-state index in [4.69, 9.17) is 4.74 Å². The highest BCUT2D eigenvalue weighted by Gasteiger charge is 2.27. The van der Waals surface area contributed by atoms with Gasteiger partial charge in [0.05, 0.1) is 5.69 Å². The number of isocyanates is 1. The van der Waals surface area contributed by atoms with Gasteiger partial charge in [-0.15, -0.1) is 0 Å². The highest BCUT2D eigenvalue weighted by molar-refractivity contribution is 9.10. The molecule has 130 valence electrons. The summed E-state index contributed by atoms with van der Waals surface area (Å²) >= 11 is 3.36. The lowest BCUT2D eigenvalue weighted by atomic mass is 10.0. The Kier molecular flexibility index (Phi) is 6.02. The average molecular weight is 396 g/mol. The van der Waals surface area contributed by atoms with Crippen LogP contribution in [0.25, 0.3) is 0 Å². The number of halogens is 1. The lowest BCUT2D eigenvalue weighted by Gasteiger charge is -2.34. The molecule has 0 spiro atoms. The summed E-state index contributed by atoms with van der Waals surface area (Å²) in [6.07, 6.45) is 2.92. The molecule has 0 radical (unpaired) electrons. The number of carbonyl (C=O) groups is 1. The molecule has 1 aliphatic rings. The van der Waals surface area contributed by atoms with Crippen LogP contribution >= 0.6 is 15.9 Å². The molecule has 1 aromatic carbocycles. The first-order chi connectivity index (χ1) is 11.3. The zero-order valence-electron chi connectivity index (χ0n) is 14.1. The second-order valence-electron chi connectivity index (χ2n) is 6.75. The van der Waals surface area contributed by atoms with E-state index in [2.05, 4.69) is 26.2 Å². The molecule has 0 saturated carbocycles. The Hall–Kier alpha value is -1.85. The standard InChI is InChI=1S/C17H22BrN3O3/c1-17(2,3)24-16(23)21-8-6-13(7-9-21)20-14-5-4-12(18)10-15(14)19-11-22/h4-5,10,13,20H,6-9H2,1-3H3. The topological polar surface area (TPSA) is 71.0 Å². The molecule has 1 N–H and O–H groups in total. The molecular weight excluding hydrogens is 374 g/mol. The lowest BCUT2D eigenvalue weighted by Crippen LogP contribution is -2.44. The summed E-state index contributed by atoms with van der Waals surface area (Å²) in [6, 6.07) is 5.75. The Balaban J connectivity index is 1.94. The summed E-state index contributed by atoms with van der Waals surface area (Å²) < 4.78 is 6.25. The van der Waals surface area contributed by atoms with Crippen molar-refractivity contribution in [3.05, 3.63) is 22.7 Å². The maximum atomic E-state index is 12.1. The Morgan fingerprint density at radius 1 is 1.38 bits per heavy atom. The minimum Gasteiger partial charge on any atom is -0.444 e. The fraction of sp³-hybridized carbons (Fsp3) is 0.529. The number of carbonyl (C=O) groups excluding carboxylic acids is 2. The number of amides is 1. The van der Waals surface area contributed by atoms with E-state index in [1.807, 2.05) is 32.9 Å². The first-order valence-electron chi connectivity index (χ1n) is 7.90. The van der Waals surface area contributed by atoms with E-state index >= 15 is 0 Å². The van der Waals surface area contributed by atoms with Gasteiger partial charge in [-0.25, -0.2) is 9.59 Å². The molecule has 1 saturated heterocycles. The van der Waals surface area contributed by atoms with E-state index in [0.29, 0.717) is 18.8 Å². The number of benzene rings is 1. The molecule has 1 fully saturated rings. The average Bonchev–Trinajstić information content (AvgIpc) is 2.49. The molecule has 0 atom stereocenters. The van der Waals surface area contributed by atoms with Gasteiger partial charge in [-0.2, -0.15) is 4.99 Å². The van der Waals surface area contributed by atoms with Crippen molar-refractivity contribution >= 4 is 39.5 Å². The normalized spacial score (nSPS) is 15.6. The molecule has 0 aromatic heterocycles. The zero-order valence-corrected chi connectivity index (χ0v) is 15.7. The SMILES string of the molecule is CC(C)(C)OC(=O)N1CCC(Nc2ccc(Br)cc2N=C=O)CC1. The molecule has 2 rings (SSSR count). The highest BCUT2D eigenvalue weighted by Crippen LogP contribution is 2.30. The summed E-state index contributed by atoms with van der Waals surface area (Å²) in [5.41, 5.74) is 0.858. The number of hydrogen-bond acceptors (Lipinski definition) is 5. The van der Waals surface area contributed by atoms with E-state index in [0.717, 1.165) is 23.0 Å². The van der Waals surface area contributed by atoms with Crippen molar-refractivity contribution < 1.29 is 14.3 Å². The number of ether oxygens (including phenoxy) is 1. The number of anilines is 1. The van der Waals surface area contributed by atoms with Crippen LogP contribution in [-0.2, 0) is 9.53 Å². The first-order valence-corrected chi connectivity index (χ1v) is 8.69. The van der Waals surface area contributed by atoms with Gasteiger partial charge in [0, 0.05) is 23.6 Å². The smallest absolute Gasteiger partial charge is 0.410 e. The Morgan fingerprint density at radius 2 is 2.04 bits per heavy atom. The molecule has 0 aliphatic carbocycles. The van der Waals surface area contributed by atoms with Gasteiger partial charge < -0.3 is 15.0 Å². The van der Waals surface area contributed by atoms with Crippen molar-refractivity contribution in [2.24, 2.45) is 4.99 Å². The Labute approximate surface area is 150 Å². The van der Waals surface area contributed by atoms with Crippen LogP contribution in [0.3, 0.4) is 0 Å². The van der Waals surface area contributed by atoms with Crippen LogP contribution < -0.4 is 5.32 Å². The predicted octanol–water partition coefficient (Wildman–Crippen LogP) is 4.23. The monoisotopic (exact) mass is 395 g/mol. The molecule has 0 unspecified atom stereocenters. The fourth-order valence-corrected chi connectivity index (χ4v) is 2.87. The van der Waals surface area contributed by atoms with Crippen LogP contribution in [0.4, 0.5) is 16.2 Å². The van der Waals surface area contributed by atoms with Gasteiger partial charge in [-0.05, 0) is 51.8 Å². The van der Waals surface area contributed by atoms with Crippen LogP contribution in [0.5, 0.6) is 0 Å². The van der Waals surface area contributed by atoms with Crippen LogP contribution in [0.15, 0.2) is 27.7 Å². The molecule has 1 heterocycles. The van der Waals surface area contributed by atoms with Gasteiger partial charge in [0.25, 0.3) is 0 Å². The largest absolute Gasteiger partial charge is 0.444 e. The van der Waals surface area contributed by atoms with E-state index in [1.54, 1.807) is 17.0 Å². The number of likely N-dealkylation sites (tertiary alicyclic amines) is 1. The Bertz CT molecular complexity index is 643. The van der Waals surface area contributed by atoms with Crippen molar-refractivity contribution in [2.75, 3.05) is 18.4 Å². The second kappa shape index (κ2) is 7.81. The van der Waals surface area contributed by atoms with Crippen LogP contribution in [-0.4, -0.2) is 41.8 Å². The predicted molar refractivity (Wildman–Crippen MR) is 96.4 cm³/mol. The van der Waals surface area contributed by atoms with Crippen molar-refractivity contribution in [1.82, 2.24) is 4.90 Å². The zero-order chi connectivity index (χ0) is 17.7. The van der Waals surface area contributed by atoms with Crippen LogP contribution in [0.2, 0.25) is 0 Å². The summed E-state index contributed by atoms with van der Waals surface area (Å²) in [5, 5.41) is 3.40. The summed E-state index contributed by atoms with van der Waals surface area (Å²) in [4.78, 5) is 28.1. The molecule has 6 nitrogen and oxygen atoms in total. The fourth-order valence-electron chi connectivity index (χ4n) is 2.52. The van der Waals surface area contributed by atoms with Crippen molar-refractivity contribution in [3.8, 4) is 0 Å². The molecule has 1 aliphatic heterocycles. The number of nitrogens with zero attached hydrogens (tertiary/aromatic N) is 2. The maximum absolute atomic E-state index is 12.1. The molecule has 1 amide bonds. The van der Waals surface area contributed by atoms with Gasteiger partial charge in [0.1, 0.15) is 11.3 Å². The second-order valence-corrected chi connectivity index (χ2v) is 7.67. The number of aliphatic imine (C=N–C) groups is 1. The molecular formula is C17H22BrN3O3. The summed E-state index contributed by atoms with van der Waals surface area (Å²) in [7, 11) is 0. The van der Waals surface area contributed by atoms with E-state index in [1.165, 1.54) is 0 Å². The molecule has 0 bridgehead atoms. The quantitative estimate of drug-likeness (QED) is 0.613. The van der Waals surface area contributed by atoms with Gasteiger partial charge in [0.2, 0.25) is 6.08 Å². The van der Waals surface area contributed by atoms with Crippen LogP contribution in [0, 0.1) is 0 Å². The van der Waals surface area contributed by atoms with Gasteiger partial charge in [-0.1, -0.05) is 15.9 Å². The van der Waals surface area contributed by atoms with Gasteiger partial charge in [-0.3, -0.25) is 0 Å². The molecule has 7 heteroatoms. The molecule has 1 aromatic rings. The van der Waals surface area contributed by atoms with Crippen molar-refractivity contribution in [3.63, 3.8) is 0 Å². The summed E-state index contributed by atoms with van der Waals surface area (Å²) in [6.45, 7) is 6.86. The number of rotatable bonds is 3. The summed E-state index contributed by atoms with van der Waals surface area (Å²) in [5.74, 6) is 0. The van der Waals surface area contributed by atoms with E-state index in [9.17, 15) is 9.59 Å². The first kappa shape index (κ1) is 18.5. The third-order valence-corrected chi connectivity index (χ3v) is 4.13. The van der Waals surface area contributed by atoms with Crippen molar-refractivity contribution in [2.45, 2.75) is 45.3 Å². The van der Waals surface area contributed by atoms with E-state index < -0.39 is 5.60 Å². The Morgan fingerprint density at radius 3 is 2.62 bits per heavy atom. The lowest BCUT2D eigenvalue weighted by molar-refractivity contribution is 0.0210. The number of piperidine rings is 1. The van der Waals surface area contributed by atoms with Gasteiger partial charge >= 0.3 is 6.09 Å². The molecule has 24 heavy (non-hydrogen) atoms. The highest BCUT2D eigenvalue weighted by atomic mass is 79.9. The number of nitrogens with one attached hydrogen (secondary N) is 1. The van der Waals surface area contributed by atoms with Crippen LogP contribution in [0.1, 0.15) is 33.6 Å². The minimum atomic E-state index is -0.481. The number of hydrogen-bond donors (Lipinski definition) is 1. The van der Waals surface area contributed by atoms with Crippen molar-refractivity contribution in [1.29, 1.82) is 0 Å². The van der Waals surface area contributed by atoms with E-state index in [-0.39, 0.29) is 12.1 Å². The van der Waals surface area contributed by atoms with Gasteiger partial charge in [0.15, 0.2) is 0 Å². The maximum Gasteiger partial charge on any atom is 0.410 e.